The van der Waals surface area contributed by atoms with Crippen molar-refractivity contribution in [2.75, 3.05) is 35.7 Å². The summed E-state index contributed by atoms with van der Waals surface area (Å²) in [5.41, 5.74) is 1.94. The van der Waals surface area contributed by atoms with E-state index in [-0.39, 0.29) is 47.2 Å². The number of aromatic nitrogens is 4. The standard InChI is InChI=1S/C25H28FN7O4S/c1-14-11-33(12-15(2)28-14)21-5-4-18(23-19(21)10-27-25(30-23)37-6-7-38(35)36)24(34)29-17-8-16-13-32(3)31-22(16)20(26)9-17/h4-5,8-10,13-15,28H,6-7,11-12H2,1-3H3,(H,29,34)(H,35,36)/p-1/t14-,15+. The minimum absolute atomic E-state index is 0.0426. The van der Waals surface area contributed by atoms with Crippen LogP contribution in [-0.4, -0.2) is 72.0 Å². The Kier molecular flexibility index (Phi) is 7.23. The van der Waals surface area contributed by atoms with Gasteiger partial charge in [-0.15, -0.1) is 0 Å². The molecule has 1 aliphatic heterocycles. The molecular weight excluding hydrogens is 513 g/mol. The van der Waals surface area contributed by atoms with Crippen LogP contribution in [0.3, 0.4) is 0 Å². The first-order valence-electron chi connectivity index (χ1n) is 12.1. The molecule has 1 fully saturated rings. The molecule has 11 nitrogen and oxygen atoms in total. The van der Waals surface area contributed by atoms with E-state index in [1.54, 1.807) is 31.6 Å². The van der Waals surface area contributed by atoms with Crippen molar-refractivity contribution in [1.29, 1.82) is 0 Å². The summed E-state index contributed by atoms with van der Waals surface area (Å²) < 4.78 is 43.3. The van der Waals surface area contributed by atoms with E-state index in [1.807, 2.05) is 6.07 Å². The third kappa shape index (κ3) is 5.44. The van der Waals surface area contributed by atoms with Crippen LogP contribution in [0.4, 0.5) is 15.8 Å². The Morgan fingerprint density at radius 2 is 2.03 bits per heavy atom. The van der Waals surface area contributed by atoms with Gasteiger partial charge in [-0.05, 0) is 38.1 Å². The minimum atomic E-state index is -2.27. The van der Waals surface area contributed by atoms with E-state index in [1.165, 1.54) is 10.7 Å². The van der Waals surface area contributed by atoms with Crippen molar-refractivity contribution in [2.45, 2.75) is 25.9 Å². The van der Waals surface area contributed by atoms with Gasteiger partial charge in [0.05, 0.1) is 11.1 Å². The zero-order valence-electron chi connectivity index (χ0n) is 21.1. The van der Waals surface area contributed by atoms with Crippen LogP contribution >= 0.6 is 0 Å². The van der Waals surface area contributed by atoms with Gasteiger partial charge < -0.3 is 24.8 Å². The van der Waals surface area contributed by atoms with Crippen LogP contribution in [0.15, 0.2) is 36.7 Å². The number of hydrogen-bond acceptors (Lipinski definition) is 9. The number of carbonyl (C=O) groups is 1. The van der Waals surface area contributed by atoms with Crippen LogP contribution in [0.25, 0.3) is 21.8 Å². The maximum absolute atomic E-state index is 14.6. The molecule has 1 aliphatic rings. The number of fused-ring (bicyclic) bond motifs is 2. The van der Waals surface area contributed by atoms with E-state index in [2.05, 4.69) is 44.4 Å². The lowest BCUT2D eigenvalue weighted by atomic mass is 10.0. The highest BCUT2D eigenvalue weighted by atomic mass is 32.2. The van der Waals surface area contributed by atoms with Crippen molar-refractivity contribution >= 4 is 50.2 Å². The van der Waals surface area contributed by atoms with Crippen LogP contribution in [-0.2, 0) is 18.1 Å². The molecule has 0 aliphatic carbocycles. The summed E-state index contributed by atoms with van der Waals surface area (Å²) >= 11 is -2.27. The lowest BCUT2D eigenvalue weighted by molar-refractivity contribution is 0.102. The maximum atomic E-state index is 14.6. The summed E-state index contributed by atoms with van der Waals surface area (Å²) in [6.07, 6.45) is 3.25. The Morgan fingerprint density at radius 1 is 1.26 bits per heavy atom. The second kappa shape index (κ2) is 10.6. The third-order valence-electron chi connectivity index (χ3n) is 6.26. The highest BCUT2D eigenvalue weighted by molar-refractivity contribution is 7.79. The van der Waals surface area contributed by atoms with Gasteiger partial charge in [0.1, 0.15) is 12.1 Å². The largest absolute Gasteiger partial charge is 0.772 e. The van der Waals surface area contributed by atoms with E-state index in [9.17, 15) is 17.9 Å². The van der Waals surface area contributed by atoms with Gasteiger partial charge >= 0.3 is 6.01 Å². The number of anilines is 2. The maximum Gasteiger partial charge on any atom is 0.316 e. The third-order valence-corrected chi connectivity index (χ3v) is 6.76. The monoisotopic (exact) mass is 540 g/mol. The number of rotatable bonds is 7. The van der Waals surface area contributed by atoms with Gasteiger partial charge in [-0.2, -0.15) is 10.1 Å². The molecule has 0 radical (unpaired) electrons. The molecule has 1 saturated heterocycles. The average molecular weight is 541 g/mol. The number of benzene rings is 2. The number of piperazine rings is 1. The number of nitrogens with one attached hydrogen (secondary N) is 2. The summed E-state index contributed by atoms with van der Waals surface area (Å²) in [5.74, 6) is -1.25. The quantitative estimate of drug-likeness (QED) is 0.338. The van der Waals surface area contributed by atoms with E-state index in [4.69, 9.17) is 4.74 Å². The zero-order valence-corrected chi connectivity index (χ0v) is 21.9. The van der Waals surface area contributed by atoms with Gasteiger partial charge in [-0.3, -0.25) is 13.7 Å². The van der Waals surface area contributed by atoms with E-state index in [0.717, 1.165) is 18.8 Å². The number of aryl methyl sites for hydroxylation is 1. The van der Waals surface area contributed by atoms with Crippen LogP contribution in [0.5, 0.6) is 6.01 Å². The first kappa shape index (κ1) is 25.9. The SMILES string of the molecule is C[C@@H]1CN(c2ccc(C(=O)Nc3cc(F)c4nn(C)cc4c3)c3nc(OCCS(=O)[O-])ncc23)C[C@H](C)N1. The highest BCUT2D eigenvalue weighted by Gasteiger charge is 2.25. The number of hydrogen-bond donors (Lipinski definition) is 2. The Bertz CT molecular complexity index is 1540. The Balaban J connectivity index is 1.52. The lowest BCUT2D eigenvalue weighted by Gasteiger charge is -2.38. The van der Waals surface area contributed by atoms with Gasteiger partial charge in [-0.1, -0.05) is 11.1 Å². The number of carbonyl (C=O) groups excluding carboxylic acids is 1. The minimum Gasteiger partial charge on any atom is -0.772 e. The van der Waals surface area contributed by atoms with Gasteiger partial charge in [0.25, 0.3) is 5.91 Å². The molecule has 1 unspecified atom stereocenters. The number of nitrogens with zero attached hydrogens (tertiary/aromatic N) is 5. The van der Waals surface area contributed by atoms with E-state index < -0.39 is 22.8 Å². The molecule has 3 heterocycles. The lowest BCUT2D eigenvalue weighted by Crippen LogP contribution is -2.54. The zero-order chi connectivity index (χ0) is 27.0. The van der Waals surface area contributed by atoms with Crippen LogP contribution in [0.2, 0.25) is 0 Å². The summed E-state index contributed by atoms with van der Waals surface area (Å²) in [5, 5.41) is 11.6. The smallest absolute Gasteiger partial charge is 0.316 e. The van der Waals surface area contributed by atoms with Gasteiger partial charge in [-0.25, -0.2) is 9.37 Å². The molecule has 5 rings (SSSR count). The number of amides is 1. The fourth-order valence-electron chi connectivity index (χ4n) is 4.83. The van der Waals surface area contributed by atoms with Crippen LogP contribution in [0, 0.1) is 5.82 Å². The molecule has 4 aromatic rings. The van der Waals surface area contributed by atoms with Crippen molar-refractivity contribution in [2.24, 2.45) is 7.05 Å². The van der Waals surface area contributed by atoms with E-state index in [0.29, 0.717) is 16.3 Å². The highest BCUT2D eigenvalue weighted by Crippen LogP contribution is 2.31. The van der Waals surface area contributed by atoms with Gasteiger partial charge in [0.2, 0.25) is 0 Å². The predicted octanol–water partition coefficient (Wildman–Crippen LogP) is 2.35. The molecule has 0 saturated carbocycles. The van der Waals surface area contributed by atoms with Crippen molar-refractivity contribution in [3.63, 3.8) is 0 Å². The molecule has 1 amide bonds. The fraction of sp³-hybridized carbons (Fsp3) is 0.360. The topological polar surface area (TPSA) is 137 Å². The van der Waals surface area contributed by atoms with Crippen LogP contribution < -0.4 is 20.3 Å². The molecule has 38 heavy (non-hydrogen) atoms. The molecule has 2 N–H and O–H groups in total. The predicted molar refractivity (Wildman–Crippen MR) is 142 cm³/mol. The second-order valence-electron chi connectivity index (χ2n) is 9.43. The molecular formula is C25H27FN7O4S-. The normalized spacial score (nSPS) is 18.6. The molecule has 2 aromatic heterocycles. The van der Waals surface area contributed by atoms with Crippen LogP contribution in [0.1, 0.15) is 24.2 Å². The van der Waals surface area contributed by atoms with E-state index >= 15 is 0 Å². The molecule has 13 heteroatoms. The van der Waals surface area contributed by atoms with Crippen molar-refractivity contribution in [3.05, 3.63) is 48.0 Å². The van der Waals surface area contributed by atoms with Gasteiger partial charge in [0, 0.05) is 72.5 Å². The molecule has 200 valence electrons. The Morgan fingerprint density at radius 3 is 2.76 bits per heavy atom. The molecule has 0 spiro atoms. The second-order valence-corrected chi connectivity index (χ2v) is 10.4. The average Bonchev–Trinajstić information content (AvgIpc) is 3.23. The Hall–Kier alpha value is -3.68. The van der Waals surface area contributed by atoms with Crippen molar-refractivity contribution in [3.8, 4) is 6.01 Å². The summed E-state index contributed by atoms with van der Waals surface area (Å²) in [6.45, 7) is 5.59. The molecule has 2 aromatic carbocycles. The summed E-state index contributed by atoms with van der Waals surface area (Å²) in [7, 11) is 1.69. The first-order valence-corrected chi connectivity index (χ1v) is 13.4. The summed E-state index contributed by atoms with van der Waals surface area (Å²) in [6, 6.07) is 6.87. The number of halogens is 1. The van der Waals surface area contributed by atoms with Gasteiger partial charge in [0.15, 0.2) is 5.82 Å². The van der Waals surface area contributed by atoms with Crippen molar-refractivity contribution < 1.29 is 22.7 Å². The molecule has 0 bridgehead atoms. The molecule has 3 atom stereocenters. The Labute approximate surface area is 220 Å². The summed E-state index contributed by atoms with van der Waals surface area (Å²) in [4.78, 5) is 24.4. The fourth-order valence-corrected chi connectivity index (χ4v) is 5.04. The number of ether oxygens (including phenoxy) is 1. The first-order chi connectivity index (χ1) is 18.2. The van der Waals surface area contributed by atoms with Crippen molar-refractivity contribution in [1.82, 2.24) is 25.1 Å².